The first-order valence-corrected chi connectivity index (χ1v) is 12.6. The molecule has 5 rings (SSSR count). The van der Waals surface area contributed by atoms with Crippen LogP contribution in [0.2, 0.25) is 0 Å². The highest BCUT2D eigenvalue weighted by Gasteiger charge is 2.19. The molecule has 0 bridgehead atoms. The van der Waals surface area contributed by atoms with Crippen molar-refractivity contribution in [3.05, 3.63) is 143 Å². The number of hydrazone groups is 1. The van der Waals surface area contributed by atoms with Crippen molar-refractivity contribution in [2.45, 2.75) is 19.0 Å². The Morgan fingerprint density at radius 1 is 0.846 bits per heavy atom. The van der Waals surface area contributed by atoms with Gasteiger partial charge in [0.1, 0.15) is 5.82 Å². The van der Waals surface area contributed by atoms with E-state index in [-0.39, 0.29) is 24.1 Å². The molecule has 0 fully saturated rings. The van der Waals surface area contributed by atoms with E-state index in [0.29, 0.717) is 12.1 Å². The van der Waals surface area contributed by atoms with E-state index in [0.717, 1.165) is 27.6 Å². The summed E-state index contributed by atoms with van der Waals surface area (Å²) in [7, 11) is 0. The minimum absolute atomic E-state index is 0.0201. The number of hydrogen-bond acceptors (Lipinski definition) is 3. The quantitative estimate of drug-likeness (QED) is 0.190. The van der Waals surface area contributed by atoms with Crippen molar-refractivity contribution >= 4 is 28.9 Å². The number of halogens is 1. The Kier molecular flexibility index (Phi) is 7.88. The van der Waals surface area contributed by atoms with E-state index in [4.69, 9.17) is 0 Å². The van der Waals surface area contributed by atoms with Crippen LogP contribution in [0.5, 0.6) is 0 Å². The molecule has 0 aliphatic carbocycles. The maximum atomic E-state index is 13.3. The summed E-state index contributed by atoms with van der Waals surface area (Å²) in [5.41, 5.74) is 6.76. The van der Waals surface area contributed by atoms with Crippen molar-refractivity contribution in [1.82, 2.24) is 15.3 Å². The second-order valence-electron chi connectivity index (χ2n) is 9.16. The normalized spacial score (nSPS) is 11.9. The van der Waals surface area contributed by atoms with Crippen LogP contribution >= 0.6 is 0 Å². The third-order valence-electron chi connectivity index (χ3n) is 6.41. The lowest BCUT2D eigenvalue weighted by Crippen LogP contribution is -2.32. The van der Waals surface area contributed by atoms with Crippen molar-refractivity contribution in [2.24, 2.45) is 5.10 Å². The smallest absolute Gasteiger partial charge is 0.251 e. The number of nitrogens with one attached hydrogen (secondary N) is 2. The average molecular weight is 519 g/mol. The van der Waals surface area contributed by atoms with Crippen molar-refractivity contribution in [1.29, 1.82) is 0 Å². The third-order valence-corrected chi connectivity index (χ3v) is 6.41. The number of carbonyl (C=O) groups excluding carboxylic acids is 2. The summed E-state index contributed by atoms with van der Waals surface area (Å²) in [6, 6.07) is 32.1. The first-order valence-electron chi connectivity index (χ1n) is 12.6. The molecule has 194 valence electrons. The molecule has 2 amide bonds. The van der Waals surface area contributed by atoms with Crippen LogP contribution in [-0.4, -0.2) is 22.6 Å². The summed E-state index contributed by atoms with van der Waals surface area (Å²) in [4.78, 5) is 25.7. The lowest BCUT2D eigenvalue weighted by molar-refractivity contribution is -0.121. The number of para-hydroxylation sites is 1. The Hall–Kier alpha value is -5.04. The Bertz CT molecular complexity index is 1600. The molecule has 5 aromatic rings. The van der Waals surface area contributed by atoms with Gasteiger partial charge in [-0.2, -0.15) is 5.10 Å². The van der Waals surface area contributed by atoms with Gasteiger partial charge in [0.2, 0.25) is 5.91 Å². The zero-order chi connectivity index (χ0) is 27.0. The van der Waals surface area contributed by atoms with Gasteiger partial charge in [-0.25, -0.2) is 9.82 Å². The number of fused-ring (bicyclic) bond motifs is 1. The molecule has 0 saturated heterocycles. The molecule has 0 aliphatic rings. The first-order chi connectivity index (χ1) is 19.1. The molecule has 2 N–H and O–H groups in total. The summed E-state index contributed by atoms with van der Waals surface area (Å²) in [6.45, 7) is 0.570. The fraction of sp³-hybridized carbons (Fsp3) is 0.0938. The highest BCUT2D eigenvalue weighted by Crippen LogP contribution is 2.22. The second-order valence-corrected chi connectivity index (χ2v) is 9.16. The molecular weight excluding hydrogens is 491 g/mol. The van der Waals surface area contributed by atoms with Crippen LogP contribution in [0.25, 0.3) is 10.9 Å². The number of amides is 2. The van der Waals surface area contributed by atoms with Gasteiger partial charge in [0.05, 0.1) is 18.7 Å². The molecule has 0 saturated carbocycles. The molecule has 1 heterocycles. The van der Waals surface area contributed by atoms with Gasteiger partial charge >= 0.3 is 0 Å². The molecule has 6 nitrogen and oxygen atoms in total. The van der Waals surface area contributed by atoms with E-state index in [2.05, 4.69) is 20.4 Å². The highest BCUT2D eigenvalue weighted by atomic mass is 19.1. The summed E-state index contributed by atoms with van der Waals surface area (Å²) in [5, 5.41) is 8.15. The van der Waals surface area contributed by atoms with Crippen LogP contribution in [0.15, 0.2) is 120 Å². The van der Waals surface area contributed by atoms with Crippen molar-refractivity contribution in [3.8, 4) is 0 Å². The van der Waals surface area contributed by atoms with Gasteiger partial charge in [-0.15, -0.1) is 0 Å². The minimum atomic E-state index is -0.522. The van der Waals surface area contributed by atoms with Gasteiger partial charge in [-0.3, -0.25) is 9.59 Å². The summed E-state index contributed by atoms with van der Waals surface area (Å²) < 4.78 is 15.4. The Balaban J connectivity index is 1.29. The molecule has 1 aromatic heterocycles. The van der Waals surface area contributed by atoms with Crippen LogP contribution in [-0.2, 0) is 11.3 Å². The number of rotatable bonds is 9. The fourth-order valence-corrected chi connectivity index (χ4v) is 4.47. The van der Waals surface area contributed by atoms with Gasteiger partial charge in [0, 0.05) is 34.8 Å². The second kappa shape index (κ2) is 12.0. The van der Waals surface area contributed by atoms with E-state index >= 15 is 0 Å². The monoisotopic (exact) mass is 518 g/mol. The first kappa shape index (κ1) is 25.6. The summed E-state index contributed by atoms with van der Waals surface area (Å²) >= 11 is 0. The van der Waals surface area contributed by atoms with Crippen LogP contribution in [0, 0.1) is 5.82 Å². The molecule has 0 radical (unpaired) electrons. The zero-order valence-electron chi connectivity index (χ0n) is 21.1. The maximum absolute atomic E-state index is 13.3. The third kappa shape index (κ3) is 6.45. The largest absolute Gasteiger partial charge is 0.345 e. The van der Waals surface area contributed by atoms with E-state index in [1.807, 2.05) is 66.9 Å². The van der Waals surface area contributed by atoms with Gasteiger partial charge in [0.15, 0.2) is 0 Å². The molecule has 39 heavy (non-hydrogen) atoms. The summed E-state index contributed by atoms with van der Waals surface area (Å²) in [6.07, 6.45) is 3.59. The van der Waals surface area contributed by atoms with Crippen LogP contribution in [0.1, 0.15) is 39.5 Å². The fourth-order valence-electron chi connectivity index (χ4n) is 4.47. The van der Waals surface area contributed by atoms with E-state index in [1.54, 1.807) is 42.6 Å². The average Bonchev–Trinajstić information content (AvgIpc) is 3.32. The number of nitrogens with zero attached hydrogens (tertiary/aromatic N) is 2. The van der Waals surface area contributed by atoms with E-state index < -0.39 is 6.04 Å². The zero-order valence-corrected chi connectivity index (χ0v) is 21.1. The standard InChI is InChI=1S/C32H27FN4O2/c33-27-17-15-23(16-18-27)21-37-22-26(28-13-7-8-14-30(28)37)20-34-36-31(38)19-29(24-9-3-1-4-10-24)35-32(39)25-11-5-2-6-12-25/h1-18,20,22,29H,19,21H2,(H,35,39)(H,36,38)/b34-20-/t29-/m0/s1. The lowest BCUT2D eigenvalue weighted by Gasteiger charge is -2.18. The lowest BCUT2D eigenvalue weighted by atomic mass is 10.0. The number of carbonyl (C=O) groups is 2. The maximum Gasteiger partial charge on any atom is 0.251 e. The van der Waals surface area contributed by atoms with Crippen molar-refractivity contribution < 1.29 is 14.0 Å². The molecule has 7 heteroatoms. The number of aromatic nitrogens is 1. The van der Waals surface area contributed by atoms with Gasteiger partial charge in [0.25, 0.3) is 5.91 Å². The molecule has 0 unspecified atom stereocenters. The van der Waals surface area contributed by atoms with Gasteiger partial charge in [-0.05, 0) is 41.5 Å². The topological polar surface area (TPSA) is 75.5 Å². The van der Waals surface area contributed by atoms with Crippen LogP contribution in [0.4, 0.5) is 4.39 Å². The molecule has 4 aromatic carbocycles. The van der Waals surface area contributed by atoms with Gasteiger partial charge in [-0.1, -0.05) is 78.9 Å². The SMILES string of the molecule is O=C(C[C@H](NC(=O)c1ccccc1)c1ccccc1)N/N=C\c1cn(Cc2ccc(F)cc2)c2ccccc12. The predicted molar refractivity (Wildman–Crippen MR) is 151 cm³/mol. The van der Waals surface area contributed by atoms with Crippen molar-refractivity contribution in [3.63, 3.8) is 0 Å². The Labute approximate surface area is 225 Å². The molecule has 1 atom stereocenters. The Morgan fingerprint density at radius 2 is 1.51 bits per heavy atom. The predicted octanol–water partition coefficient (Wildman–Crippen LogP) is 5.84. The Morgan fingerprint density at radius 3 is 2.26 bits per heavy atom. The van der Waals surface area contributed by atoms with Crippen molar-refractivity contribution in [2.75, 3.05) is 0 Å². The van der Waals surface area contributed by atoms with E-state index in [1.165, 1.54) is 12.1 Å². The number of benzene rings is 4. The molecule has 0 spiro atoms. The van der Waals surface area contributed by atoms with Gasteiger partial charge < -0.3 is 9.88 Å². The number of hydrogen-bond donors (Lipinski definition) is 2. The minimum Gasteiger partial charge on any atom is -0.345 e. The van der Waals surface area contributed by atoms with E-state index in [9.17, 15) is 14.0 Å². The molecular formula is C32H27FN4O2. The highest BCUT2D eigenvalue weighted by molar-refractivity contribution is 6.00. The molecule has 0 aliphatic heterocycles. The summed E-state index contributed by atoms with van der Waals surface area (Å²) in [5.74, 6) is -0.855. The van der Waals surface area contributed by atoms with Crippen LogP contribution in [0.3, 0.4) is 0 Å². The van der Waals surface area contributed by atoms with Crippen LogP contribution < -0.4 is 10.7 Å².